The second kappa shape index (κ2) is 7.49. The summed E-state index contributed by atoms with van der Waals surface area (Å²) in [6, 6.07) is 8.54. The van der Waals surface area contributed by atoms with Gasteiger partial charge in [-0.2, -0.15) is 0 Å². The quantitative estimate of drug-likeness (QED) is 0.771. The molecule has 2 aliphatic heterocycles. The topological polar surface area (TPSA) is 40.6 Å². The normalized spacial score (nSPS) is 24.6. The molecule has 1 aliphatic carbocycles. The summed E-state index contributed by atoms with van der Waals surface area (Å²) in [6.07, 6.45) is 8.34. The molecule has 3 aliphatic rings. The van der Waals surface area contributed by atoms with Gasteiger partial charge in [-0.1, -0.05) is 30.3 Å². The highest BCUT2D eigenvalue weighted by molar-refractivity contribution is 5.80. The van der Waals surface area contributed by atoms with E-state index in [1.807, 2.05) is 11.0 Å². The van der Waals surface area contributed by atoms with Gasteiger partial charge in [0.2, 0.25) is 11.8 Å². The van der Waals surface area contributed by atoms with Crippen LogP contribution >= 0.6 is 0 Å². The van der Waals surface area contributed by atoms with Crippen molar-refractivity contribution in [1.82, 2.24) is 9.80 Å². The fourth-order valence-electron chi connectivity index (χ4n) is 5.20. The molecule has 4 rings (SSSR count). The van der Waals surface area contributed by atoms with E-state index in [1.165, 1.54) is 11.1 Å². The van der Waals surface area contributed by atoms with Crippen molar-refractivity contribution in [1.29, 1.82) is 0 Å². The van der Waals surface area contributed by atoms with E-state index >= 15 is 0 Å². The minimum absolute atomic E-state index is 0.138. The van der Waals surface area contributed by atoms with Crippen LogP contribution in [0, 0.1) is 11.3 Å². The van der Waals surface area contributed by atoms with Crippen molar-refractivity contribution in [3.8, 4) is 0 Å². The summed E-state index contributed by atoms with van der Waals surface area (Å²) in [6.45, 7) is 6.93. The first kappa shape index (κ1) is 18.3. The second-order valence-corrected chi connectivity index (χ2v) is 8.60. The van der Waals surface area contributed by atoms with Crippen LogP contribution in [0.1, 0.15) is 43.2 Å². The smallest absolute Gasteiger partial charge is 0.226 e. The van der Waals surface area contributed by atoms with E-state index in [9.17, 15) is 9.59 Å². The Balaban J connectivity index is 1.36. The highest BCUT2D eigenvalue weighted by atomic mass is 16.2. The zero-order valence-electron chi connectivity index (χ0n) is 16.2. The number of amides is 2. The predicted octanol–water partition coefficient (Wildman–Crippen LogP) is 3.21. The third-order valence-electron chi connectivity index (χ3n) is 6.93. The summed E-state index contributed by atoms with van der Waals surface area (Å²) in [4.78, 5) is 29.3. The van der Waals surface area contributed by atoms with Crippen molar-refractivity contribution in [2.24, 2.45) is 11.3 Å². The van der Waals surface area contributed by atoms with Crippen LogP contribution in [-0.2, 0) is 22.4 Å². The largest absolute Gasteiger partial charge is 0.342 e. The van der Waals surface area contributed by atoms with E-state index in [0.29, 0.717) is 18.9 Å². The molecule has 0 unspecified atom stereocenters. The molecule has 144 valence electrons. The number of aryl methyl sites for hydroxylation is 1. The van der Waals surface area contributed by atoms with Crippen molar-refractivity contribution in [3.05, 3.63) is 48.0 Å². The van der Waals surface area contributed by atoms with Crippen LogP contribution in [0.5, 0.6) is 0 Å². The van der Waals surface area contributed by atoms with Crippen molar-refractivity contribution in [2.75, 3.05) is 26.2 Å². The summed E-state index contributed by atoms with van der Waals surface area (Å²) >= 11 is 0. The Morgan fingerprint density at radius 1 is 1.15 bits per heavy atom. The summed E-state index contributed by atoms with van der Waals surface area (Å²) in [5.74, 6) is 0.730. The van der Waals surface area contributed by atoms with Gasteiger partial charge in [-0.25, -0.2) is 0 Å². The zero-order chi connectivity index (χ0) is 18.9. The zero-order valence-corrected chi connectivity index (χ0v) is 16.2. The van der Waals surface area contributed by atoms with E-state index in [4.69, 9.17) is 0 Å². The van der Waals surface area contributed by atoms with Gasteiger partial charge >= 0.3 is 0 Å². The Morgan fingerprint density at radius 3 is 2.63 bits per heavy atom. The SMILES string of the molecule is C=CCN1CC2(CCC1=O)CCN(C(=O)[C@H]1CCc3ccccc3C1)CC2. The molecule has 1 aromatic rings. The number of carbonyl (C=O) groups is 2. The average molecular weight is 367 g/mol. The number of hydrogen-bond donors (Lipinski definition) is 0. The van der Waals surface area contributed by atoms with Crippen molar-refractivity contribution in [2.45, 2.75) is 44.9 Å². The molecule has 2 heterocycles. The summed E-state index contributed by atoms with van der Waals surface area (Å²) in [5.41, 5.74) is 2.96. The Bertz CT molecular complexity index is 734. The molecule has 0 aromatic heterocycles. The first-order chi connectivity index (χ1) is 13.1. The third-order valence-corrected chi connectivity index (χ3v) is 6.93. The van der Waals surface area contributed by atoms with E-state index in [-0.39, 0.29) is 17.2 Å². The van der Waals surface area contributed by atoms with Crippen molar-refractivity contribution in [3.63, 3.8) is 0 Å². The number of nitrogens with zero attached hydrogens (tertiary/aromatic N) is 2. The fourth-order valence-corrected chi connectivity index (χ4v) is 5.20. The average Bonchev–Trinajstić information content (AvgIpc) is 2.71. The van der Waals surface area contributed by atoms with Crippen LogP contribution in [0.15, 0.2) is 36.9 Å². The number of hydrogen-bond acceptors (Lipinski definition) is 2. The molecule has 1 atom stereocenters. The predicted molar refractivity (Wildman–Crippen MR) is 106 cm³/mol. The highest BCUT2D eigenvalue weighted by Crippen LogP contribution is 2.40. The minimum atomic E-state index is 0.138. The van der Waals surface area contributed by atoms with Crippen LogP contribution in [0.4, 0.5) is 0 Å². The van der Waals surface area contributed by atoms with Crippen LogP contribution in [-0.4, -0.2) is 47.8 Å². The number of piperidine rings is 2. The lowest BCUT2D eigenvalue weighted by atomic mass is 9.72. The Hall–Kier alpha value is -2.10. The lowest BCUT2D eigenvalue weighted by Gasteiger charge is -2.47. The number of fused-ring (bicyclic) bond motifs is 1. The fraction of sp³-hybridized carbons (Fsp3) is 0.565. The van der Waals surface area contributed by atoms with E-state index in [0.717, 1.165) is 58.2 Å². The number of carbonyl (C=O) groups excluding carboxylic acids is 2. The van der Waals surface area contributed by atoms with Gasteiger partial charge in [-0.15, -0.1) is 6.58 Å². The third kappa shape index (κ3) is 3.67. The Labute approximate surface area is 162 Å². The van der Waals surface area contributed by atoms with E-state index in [2.05, 4.69) is 35.7 Å². The molecular weight excluding hydrogens is 336 g/mol. The molecule has 2 saturated heterocycles. The highest BCUT2D eigenvalue weighted by Gasteiger charge is 2.42. The standard InChI is InChI=1S/C23H30N2O2/c1-2-13-25-17-23(10-9-21(25)26)11-14-24(15-12-23)22(27)20-8-7-18-5-3-4-6-19(18)16-20/h2-6,20H,1,7-17H2/t20-/m0/s1. The summed E-state index contributed by atoms with van der Waals surface area (Å²) in [5, 5.41) is 0. The number of likely N-dealkylation sites (tertiary alicyclic amines) is 2. The molecule has 27 heavy (non-hydrogen) atoms. The van der Waals surface area contributed by atoms with Gasteiger partial charge in [0, 0.05) is 38.5 Å². The second-order valence-electron chi connectivity index (χ2n) is 8.60. The van der Waals surface area contributed by atoms with Crippen molar-refractivity contribution < 1.29 is 9.59 Å². The summed E-state index contributed by atoms with van der Waals surface area (Å²) in [7, 11) is 0. The van der Waals surface area contributed by atoms with Gasteiger partial charge in [0.15, 0.2) is 0 Å². The van der Waals surface area contributed by atoms with Gasteiger partial charge < -0.3 is 9.80 Å². The van der Waals surface area contributed by atoms with Gasteiger partial charge in [0.25, 0.3) is 0 Å². The number of rotatable bonds is 3. The van der Waals surface area contributed by atoms with Gasteiger partial charge in [-0.3, -0.25) is 9.59 Å². The maximum Gasteiger partial charge on any atom is 0.226 e. The van der Waals surface area contributed by atoms with Gasteiger partial charge in [-0.05, 0) is 55.1 Å². The molecule has 4 heteroatoms. The molecule has 0 bridgehead atoms. The van der Waals surface area contributed by atoms with E-state index < -0.39 is 0 Å². The number of benzene rings is 1. The van der Waals surface area contributed by atoms with Crippen LogP contribution in [0.3, 0.4) is 0 Å². The monoisotopic (exact) mass is 366 g/mol. The molecular formula is C23H30N2O2. The molecule has 1 aromatic carbocycles. The maximum atomic E-state index is 13.1. The molecule has 1 spiro atoms. The molecule has 0 N–H and O–H groups in total. The molecule has 0 radical (unpaired) electrons. The molecule has 2 fully saturated rings. The van der Waals surface area contributed by atoms with Crippen LogP contribution in [0.2, 0.25) is 0 Å². The maximum absolute atomic E-state index is 13.1. The van der Waals surface area contributed by atoms with Crippen LogP contribution < -0.4 is 0 Å². The Kier molecular flexibility index (Phi) is 5.07. The van der Waals surface area contributed by atoms with Crippen LogP contribution in [0.25, 0.3) is 0 Å². The minimum Gasteiger partial charge on any atom is -0.342 e. The van der Waals surface area contributed by atoms with E-state index in [1.54, 1.807) is 0 Å². The Morgan fingerprint density at radius 2 is 1.89 bits per heavy atom. The first-order valence-electron chi connectivity index (χ1n) is 10.3. The van der Waals surface area contributed by atoms with Crippen molar-refractivity contribution >= 4 is 11.8 Å². The summed E-state index contributed by atoms with van der Waals surface area (Å²) < 4.78 is 0. The van der Waals surface area contributed by atoms with Gasteiger partial charge in [0.05, 0.1) is 0 Å². The lowest BCUT2D eigenvalue weighted by Crippen LogP contribution is -2.53. The van der Waals surface area contributed by atoms with Gasteiger partial charge in [0.1, 0.15) is 0 Å². The first-order valence-corrected chi connectivity index (χ1v) is 10.3. The molecule has 0 saturated carbocycles. The molecule has 4 nitrogen and oxygen atoms in total. The molecule has 2 amide bonds. The lowest BCUT2D eigenvalue weighted by molar-refractivity contribution is -0.144.